The zero-order valence-corrected chi connectivity index (χ0v) is 14.1. The van der Waals surface area contributed by atoms with E-state index < -0.39 is 11.7 Å². The molecule has 1 aromatic heterocycles. The van der Waals surface area contributed by atoms with Crippen molar-refractivity contribution < 1.29 is 14.3 Å². The van der Waals surface area contributed by atoms with Crippen LogP contribution < -0.4 is 10.6 Å². The average Bonchev–Trinajstić information content (AvgIpc) is 2.97. The Kier molecular flexibility index (Phi) is 5.33. The Hall–Kier alpha value is -2.41. The lowest BCUT2D eigenvalue weighted by Crippen LogP contribution is -2.32. The van der Waals surface area contributed by atoms with Gasteiger partial charge < -0.3 is 10.1 Å². The highest BCUT2D eigenvalue weighted by Crippen LogP contribution is 2.13. The number of benzene rings is 1. The van der Waals surface area contributed by atoms with Gasteiger partial charge in [-0.05, 0) is 38.5 Å². The summed E-state index contributed by atoms with van der Waals surface area (Å²) in [6.45, 7) is 5.76. The summed E-state index contributed by atoms with van der Waals surface area (Å²) in [6, 6.07) is 6.98. The zero-order chi connectivity index (χ0) is 16.9. The van der Waals surface area contributed by atoms with Gasteiger partial charge in [-0.1, -0.05) is 12.1 Å². The first-order chi connectivity index (χ1) is 10.8. The molecule has 1 heterocycles. The molecular formula is C16H19N3O3S. The first-order valence-corrected chi connectivity index (χ1v) is 7.98. The number of alkyl carbamates (subject to hydrolysis) is 1. The fraction of sp³-hybridized carbons (Fsp3) is 0.312. The van der Waals surface area contributed by atoms with E-state index in [1.807, 2.05) is 20.8 Å². The molecule has 122 valence electrons. The second-order valence-corrected chi connectivity index (χ2v) is 6.74. The summed E-state index contributed by atoms with van der Waals surface area (Å²) >= 11 is 1.36. The van der Waals surface area contributed by atoms with Gasteiger partial charge in [0.2, 0.25) is 0 Å². The van der Waals surface area contributed by atoms with Crippen LogP contribution >= 0.6 is 11.3 Å². The van der Waals surface area contributed by atoms with E-state index in [2.05, 4.69) is 15.6 Å². The van der Waals surface area contributed by atoms with Crippen LogP contribution in [0.15, 0.2) is 35.8 Å². The Morgan fingerprint density at radius 3 is 2.48 bits per heavy atom. The van der Waals surface area contributed by atoms with Crippen LogP contribution in [-0.4, -0.2) is 22.6 Å². The van der Waals surface area contributed by atoms with Crippen molar-refractivity contribution in [2.45, 2.75) is 32.9 Å². The summed E-state index contributed by atoms with van der Waals surface area (Å²) in [7, 11) is 0. The van der Waals surface area contributed by atoms with E-state index in [1.165, 1.54) is 11.3 Å². The Balaban J connectivity index is 1.87. The van der Waals surface area contributed by atoms with Gasteiger partial charge in [-0.3, -0.25) is 10.1 Å². The highest BCUT2D eigenvalue weighted by atomic mass is 32.1. The van der Waals surface area contributed by atoms with Gasteiger partial charge in [0.25, 0.3) is 5.91 Å². The van der Waals surface area contributed by atoms with Crippen molar-refractivity contribution in [2.75, 3.05) is 5.32 Å². The maximum absolute atomic E-state index is 12.0. The highest BCUT2D eigenvalue weighted by Gasteiger charge is 2.15. The molecule has 2 aromatic rings. The molecule has 6 nitrogen and oxygen atoms in total. The summed E-state index contributed by atoms with van der Waals surface area (Å²) in [5, 5.41) is 7.74. The van der Waals surface area contributed by atoms with Crippen LogP contribution in [0.1, 0.15) is 36.7 Å². The monoisotopic (exact) mass is 333 g/mol. The van der Waals surface area contributed by atoms with Gasteiger partial charge in [-0.15, -0.1) is 11.3 Å². The third kappa shape index (κ3) is 5.71. The molecule has 0 bridgehead atoms. The Morgan fingerprint density at radius 2 is 1.91 bits per heavy atom. The minimum atomic E-state index is -0.526. The van der Waals surface area contributed by atoms with Crippen molar-refractivity contribution in [3.05, 3.63) is 47.0 Å². The quantitative estimate of drug-likeness (QED) is 0.898. The third-order valence-electron chi connectivity index (χ3n) is 2.70. The van der Waals surface area contributed by atoms with E-state index in [0.29, 0.717) is 17.2 Å². The van der Waals surface area contributed by atoms with Gasteiger partial charge in [-0.2, -0.15) is 0 Å². The predicted molar refractivity (Wildman–Crippen MR) is 89.6 cm³/mol. The molecule has 2 N–H and O–H groups in total. The lowest BCUT2D eigenvalue weighted by Gasteiger charge is -2.19. The van der Waals surface area contributed by atoms with E-state index >= 15 is 0 Å². The van der Waals surface area contributed by atoms with Crippen LogP contribution in [0.4, 0.5) is 9.93 Å². The van der Waals surface area contributed by atoms with Gasteiger partial charge in [0.15, 0.2) is 5.13 Å². The molecule has 0 saturated carbocycles. The molecule has 0 unspecified atom stereocenters. The Labute approximate surface area is 138 Å². The van der Waals surface area contributed by atoms with Crippen LogP contribution in [0.3, 0.4) is 0 Å². The van der Waals surface area contributed by atoms with Crippen LogP contribution in [0.2, 0.25) is 0 Å². The van der Waals surface area contributed by atoms with Crippen molar-refractivity contribution in [2.24, 2.45) is 0 Å². The lowest BCUT2D eigenvalue weighted by molar-refractivity contribution is 0.0523. The standard InChI is InChI=1S/C16H19N3O3S/c1-16(2,3)22-15(21)18-10-11-4-6-12(7-5-11)13(20)19-14-17-8-9-23-14/h4-9H,10H2,1-3H3,(H,18,21)(H,17,19,20). The van der Waals surface area contributed by atoms with E-state index in [-0.39, 0.29) is 5.91 Å². The SMILES string of the molecule is CC(C)(C)OC(=O)NCc1ccc(C(=O)Nc2nccs2)cc1. The minimum Gasteiger partial charge on any atom is -0.444 e. The topological polar surface area (TPSA) is 80.3 Å². The van der Waals surface area contributed by atoms with E-state index in [0.717, 1.165) is 5.56 Å². The molecule has 2 amide bonds. The maximum atomic E-state index is 12.0. The van der Waals surface area contributed by atoms with Gasteiger partial charge >= 0.3 is 6.09 Å². The smallest absolute Gasteiger partial charge is 0.407 e. The number of nitrogens with zero attached hydrogens (tertiary/aromatic N) is 1. The van der Waals surface area contributed by atoms with Crippen molar-refractivity contribution >= 4 is 28.5 Å². The number of carbonyl (C=O) groups excluding carboxylic acids is 2. The minimum absolute atomic E-state index is 0.216. The van der Waals surface area contributed by atoms with Crippen LogP contribution in [0.25, 0.3) is 0 Å². The molecule has 0 radical (unpaired) electrons. The van der Waals surface area contributed by atoms with Crippen molar-refractivity contribution in [1.82, 2.24) is 10.3 Å². The largest absolute Gasteiger partial charge is 0.444 e. The summed E-state index contributed by atoms with van der Waals surface area (Å²) in [6.07, 6.45) is 1.16. The zero-order valence-electron chi connectivity index (χ0n) is 13.3. The second kappa shape index (κ2) is 7.23. The fourth-order valence-corrected chi connectivity index (χ4v) is 2.24. The number of rotatable bonds is 4. The van der Waals surface area contributed by atoms with Gasteiger partial charge in [-0.25, -0.2) is 9.78 Å². The molecule has 0 aliphatic carbocycles. The van der Waals surface area contributed by atoms with Crippen LogP contribution in [-0.2, 0) is 11.3 Å². The molecule has 23 heavy (non-hydrogen) atoms. The number of nitrogens with one attached hydrogen (secondary N) is 2. The highest BCUT2D eigenvalue weighted by molar-refractivity contribution is 7.13. The van der Waals surface area contributed by atoms with Gasteiger partial charge in [0, 0.05) is 23.7 Å². The first kappa shape index (κ1) is 17.0. The van der Waals surface area contributed by atoms with E-state index in [1.54, 1.807) is 35.8 Å². The lowest BCUT2D eigenvalue weighted by atomic mass is 10.1. The van der Waals surface area contributed by atoms with Crippen molar-refractivity contribution in [3.63, 3.8) is 0 Å². The number of hydrogen-bond donors (Lipinski definition) is 2. The molecule has 0 aliphatic heterocycles. The van der Waals surface area contributed by atoms with Crippen LogP contribution in [0.5, 0.6) is 0 Å². The number of carbonyl (C=O) groups is 2. The normalized spacial score (nSPS) is 10.9. The molecule has 0 saturated heterocycles. The predicted octanol–water partition coefficient (Wildman–Crippen LogP) is 3.42. The van der Waals surface area contributed by atoms with Gasteiger partial charge in [0.1, 0.15) is 5.60 Å². The summed E-state index contributed by atoms with van der Waals surface area (Å²) in [5.41, 5.74) is 0.880. The number of hydrogen-bond acceptors (Lipinski definition) is 5. The molecule has 0 spiro atoms. The number of amides is 2. The Bertz CT molecular complexity index is 661. The molecule has 2 rings (SSSR count). The molecular weight excluding hydrogens is 314 g/mol. The summed E-state index contributed by atoms with van der Waals surface area (Å²) in [4.78, 5) is 27.6. The van der Waals surface area contributed by atoms with Gasteiger partial charge in [0.05, 0.1) is 0 Å². The van der Waals surface area contributed by atoms with Crippen molar-refractivity contribution in [1.29, 1.82) is 0 Å². The Morgan fingerprint density at radius 1 is 1.22 bits per heavy atom. The van der Waals surface area contributed by atoms with E-state index in [9.17, 15) is 9.59 Å². The number of ether oxygens (including phenoxy) is 1. The van der Waals surface area contributed by atoms with Crippen molar-refractivity contribution in [3.8, 4) is 0 Å². The fourth-order valence-electron chi connectivity index (χ4n) is 1.72. The molecule has 7 heteroatoms. The first-order valence-electron chi connectivity index (χ1n) is 7.10. The average molecular weight is 333 g/mol. The number of anilines is 1. The number of thiazole rings is 1. The second-order valence-electron chi connectivity index (χ2n) is 5.84. The van der Waals surface area contributed by atoms with E-state index in [4.69, 9.17) is 4.74 Å². The summed E-state index contributed by atoms with van der Waals surface area (Å²) < 4.78 is 5.16. The molecule has 0 fully saturated rings. The van der Waals surface area contributed by atoms with Crippen LogP contribution in [0, 0.1) is 0 Å². The third-order valence-corrected chi connectivity index (χ3v) is 3.39. The molecule has 0 aliphatic rings. The molecule has 0 atom stereocenters. The maximum Gasteiger partial charge on any atom is 0.407 e. The summed E-state index contributed by atoms with van der Waals surface area (Å²) in [5.74, 6) is -0.216. The number of aromatic nitrogens is 1. The molecule has 1 aromatic carbocycles.